The van der Waals surface area contributed by atoms with Crippen LogP contribution in [0.5, 0.6) is 0 Å². The summed E-state index contributed by atoms with van der Waals surface area (Å²) in [7, 11) is 0. The second kappa shape index (κ2) is 10.5. The maximum atomic E-state index is 14.0. The third-order valence-corrected chi connectivity index (χ3v) is 7.52. The van der Waals surface area contributed by atoms with Gasteiger partial charge in [0, 0.05) is 44.1 Å². The summed E-state index contributed by atoms with van der Waals surface area (Å²) in [5, 5.41) is 3.27. The van der Waals surface area contributed by atoms with Gasteiger partial charge in [0.05, 0.1) is 25.1 Å². The minimum atomic E-state index is -4.70. The lowest BCUT2D eigenvalue weighted by Gasteiger charge is -2.38. The molecule has 12 nitrogen and oxygen atoms in total. The standard InChI is InChI=1S/C26H31F3N10O2/c1-25(31)4-7-38(8-5-25)17-3-2-6-32-22(17)37-23-20(41-23)19-21(30)33-14-16(35-19)18-15(26(27,28)29)13-34-24(36-18)39-9-11-40-12-10-39/h2-3,6,13-14,20,23H,4-5,7-12,31H2,1H3,(H2,30,33)(H,32,37). The molecule has 0 aromatic carbocycles. The quantitative estimate of drug-likeness (QED) is 0.372. The lowest BCUT2D eigenvalue weighted by molar-refractivity contribution is -0.137. The van der Waals surface area contributed by atoms with Crippen molar-refractivity contribution in [3.05, 3.63) is 42.0 Å². The average molecular weight is 573 g/mol. The van der Waals surface area contributed by atoms with Crippen LogP contribution >= 0.6 is 0 Å². The van der Waals surface area contributed by atoms with Crippen molar-refractivity contribution in [2.75, 3.05) is 60.2 Å². The highest BCUT2D eigenvalue weighted by atomic mass is 19.4. The number of nitrogens with two attached hydrogens (primary N) is 2. The number of nitrogens with zero attached hydrogens (tertiary/aromatic N) is 7. The minimum Gasteiger partial charge on any atom is -0.382 e. The van der Waals surface area contributed by atoms with Crippen molar-refractivity contribution in [3.8, 4) is 11.4 Å². The maximum Gasteiger partial charge on any atom is 0.420 e. The van der Waals surface area contributed by atoms with Gasteiger partial charge in [0.2, 0.25) is 5.95 Å². The Bertz CT molecular complexity index is 1410. The number of aromatic nitrogens is 5. The van der Waals surface area contributed by atoms with Crippen molar-refractivity contribution in [1.82, 2.24) is 24.9 Å². The molecule has 0 aliphatic carbocycles. The SMILES string of the molecule is CC1(N)CCN(c2cccnc2NC2OC2c2nc(-c3nc(N4CCOCC4)ncc3C(F)(F)F)cnc2N)CC1. The van der Waals surface area contributed by atoms with Crippen molar-refractivity contribution >= 4 is 23.3 Å². The van der Waals surface area contributed by atoms with E-state index in [1.54, 1.807) is 11.1 Å². The molecule has 0 spiro atoms. The van der Waals surface area contributed by atoms with Crippen molar-refractivity contribution in [1.29, 1.82) is 0 Å². The van der Waals surface area contributed by atoms with Gasteiger partial charge < -0.3 is 36.1 Å². The van der Waals surface area contributed by atoms with Gasteiger partial charge in [-0.3, -0.25) is 0 Å². The van der Waals surface area contributed by atoms with Crippen LogP contribution in [0.4, 0.5) is 36.4 Å². The van der Waals surface area contributed by atoms with Gasteiger partial charge >= 0.3 is 6.18 Å². The molecule has 0 radical (unpaired) electrons. The largest absolute Gasteiger partial charge is 0.420 e. The van der Waals surface area contributed by atoms with E-state index < -0.39 is 24.1 Å². The molecular formula is C26H31F3N10O2. The highest BCUT2D eigenvalue weighted by molar-refractivity contribution is 5.67. The molecule has 3 aromatic rings. The number of nitrogen functional groups attached to an aromatic ring is 1. The molecule has 3 saturated heterocycles. The summed E-state index contributed by atoms with van der Waals surface area (Å²) in [6, 6.07) is 3.83. The summed E-state index contributed by atoms with van der Waals surface area (Å²) in [6.45, 7) is 5.42. The second-order valence-electron chi connectivity index (χ2n) is 10.7. The molecule has 2 atom stereocenters. The number of hydrogen-bond donors (Lipinski definition) is 3. The van der Waals surface area contributed by atoms with Crippen molar-refractivity contribution in [2.45, 2.75) is 43.8 Å². The van der Waals surface area contributed by atoms with E-state index in [0.717, 1.165) is 37.8 Å². The molecule has 6 rings (SSSR count). The monoisotopic (exact) mass is 572 g/mol. The first-order valence-corrected chi connectivity index (χ1v) is 13.4. The lowest BCUT2D eigenvalue weighted by atomic mass is 9.91. The molecule has 3 aliphatic heterocycles. The zero-order chi connectivity index (χ0) is 28.8. The Morgan fingerprint density at radius 1 is 1.02 bits per heavy atom. The van der Waals surface area contributed by atoms with Crippen molar-refractivity contribution < 1.29 is 22.6 Å². The summed E-state index contributed by atoms with van der Waals surface area (Å²) in [6.07, 6.45) is -0.556. The summed E-state index contributed by atoms with van der Waals surface area (Å²) < 4.78 is 53.0. The Morgan fingerprint density at radius 3 is 2.51 bits per heavy atom. The maximum absolute atomic E-state index is 14.0. The number of epoxide rings is 1. The van der Waals surface area contributed by atoms with Crippen LogP contribution in [0.2, 0.25) is 0 Å². The summed E-state index contributed by atoms with van der Waals surface area (Å²) in [5.74, 6) is 0.834. The fraction of sp³-hybridized carbons (Fsp3) is 0.500. The van der Waals surface area contributed by atoms with E-state index in [1.165, 1.54) is 6.20 Å². The molecule has 6 heterocycles. The van der Waals surface area contributed by atoms with E-state index in [4.69, 9.17) is 20.9 Å². The Morgan fingerprint density at radius 2 is 1.78 bits per heavy atom. The molecule has 15 heteroatoms. The topological polar surface area (TPSA) is 157 Å². The molecule has 2 unspecified atom stereocenters. The molecule has 3 aromatic heterocycles. The van der Waals surface area contributed by atoms with Crippen LogP contribution in [0.1, 0.15) is 37.1 Å². The zero-order valence-corrected chi connectivity index (χ0v) is 22.4. The number of morpholine rings is 1. The van der Waals surface area contributed by atoms with Gasteiger partial charge in [-0.1, -0.05) is 0 Å². The molecule has 3 fully saturated rings. The van der Waals surface area contributed by atoms with E-state index in [2.05, 4.69) is 42.1 Å². The highest BCUT2D eigenvalue weighted by Gasteiger charge is 2.45. The van der Waals surface area contributed by atoms with Gasteiger partial charge in [-0.15, -0.1) is 0 Å². The van der Waals surface area contributed by atoms with Crippen molar-refractivity contribution in [2.24, 2.45) is 5.73 Å². The van der Waals surface area contributed by atoms with E-state index in [1.807, 2.05) is 12.1 Å². The van der Waals surface area contributed by atoms with Gasteiger partial charge in [-0.25, -0.2) is 24.9 Å². The predicted octanol–water partition coefficient (Wildman–Crippen LogP) is 2.59. The molecule has 5 N–H and O–H groups in total. The van der Waals surface area contributed by atoms with Crippen LogP contribution in [0.25, 0.3) is 11.4 Å². The molecule has 3 aliphatic rings. The Labute approximate surface area is 234 Å². The molecule has 41 heavy (non-hydrogen) atoms. The Hall–Kier alpha value is -3.82. The number of nitrogens with one attached hydrogen (secondary N) is 1. The fourth-order valence-electron chi connectivity index (χ4n) is 5.01. The van der Waals surface area contributed by atoms with Gasteiger partial charge in [-0.2, -0.15) is 13.2 Å². The van der Waals surface area contributed by atoms with Crippen LogP contribution in [-0.2, 0) is 15.7 Å². The smallest absolute Gasteiger partial charge is 0.382 e. The summed E-state index contributed by atoms with van der Waals surface area (Å²) in [4.78, 5) is 25.3. The number of alkyl halides is 3. The average Bonchev–Trinajstić information content (AvgIpc) is 3.72. The number of rotatable bonds is 6. The number of pyridine rings is 1. The fourth-order valence-corrected chi connectivity index (χ4v) is 5.01. The van der Waals surface area contributed by atoms with E-state index >= 15 is 0 Å². The zero-order valence-electron chi connectivity index (χ0n) is 22.4. The van der Waals surface area contributed by atoms with E-state index in [-0.39, 0.29) is 34.4 Å². The number of anilines is 4. The van der Waals surface area contributed by atoms with Crippen molar-refractivity contribution in [3.63, 3.8) is 0 Å². The molecular weight excluding hydrogens is 541 g/mol. The first kappa shape index (κ1) is 27.4. The first-order valence-electron chi connectivity index (χ1n) is 13.4. The predicted molar refractivity (Wildman–Crippen MR) is 145 cm³/mol. The van der Waals surface area contributed by atoms with E-state index in [0.29, 0.717) is 32.1 Å². The third kappa shape index (κ3) is 5.83. The lowest BCUT2D eigenvalue weighted by Crippen LogP contribution is -2.48. The van der Waals surface area contributed by atoms with Gasteiger partial charge in [0.25, 0.3) is 0 Å². The number of piperidine rings is 1. The first-order chi connectivity index (χ1) is 19.6. The van der Waals surface area contributed by atoms with Crippen LogP contribution in [0.3, 0.4) is 0 Å². The number of hydrogen-bond acceptors (Lipinski definition) is 12. The van der Waals surface area contributed by atoms with Gasteiger partial charge in [0.15, 0.2) is 18.1 Å². The highest BCUT2D eigenvalue weighted by Crippen LogP contribution is 2.43. The Balaban J connectivity index is 1.25. The summed E-state index contributed by atoms with van der Waals surface area (Å²) >= 11 is 0. The van der Waals surface area contributed by atoms with Crippen LogP contribution in [0, 0.1) is 0 Å². The molecule has 0 saturated carbocycles. The van der Waals surface area contributed by atoms with Gasteiger partial charge in [-0.05, 0) is 31.9 Å². The summed E-state index contributed by atoms with van der Waals surface area (Å²) in [5.41, 5.74) is 11.9. The second-order valence-corrected chi connectivity index (χ2v) is 10.7. The van der Waals surface area contributed by atoms with E-state index in [9.17, 15) is 13.2 Å². The minimum absolute atomic E-state index is 0.0542. The third-order valence-electron chi connectivity index (χ3n) is 7.52. The molecule has 0 bridgehead atoms. The van der Waals surface area contributed by atoms with Crippen LogP contribution < -0.4 is 26.6 Å². The van der Waals surface area contributed by atoms with Crippen LogP contribution in [-0.4, -0.2) is 76.1 Å². The van der Waals surface area contributed by atoms with Gasteiger partial charge in [0.1, 0.15) is 28.5 Å². The number of halogens is 3. The number of ether oxygens (including phenoxy) is 2. The van der Waals surface area contributed by atoms with Crippen LogP contribution in [0.15, 0.2) is 30.7 Å². The Kier molecular flexibility index (Phi) is 7.03. The normalized spacial score (nSPS) is 22.5. The molecule has 218 valence electrons. The molecule has 0 amide bonds.